The molecule has 1 aromatic carbocycles. The molecule has 2 aliphatic carbocycles. The molecule has 2 bridgehead atoms. The average Bonchev–Trinajstić information content (AvgIpc) is 2.98. The standard InChI is InChI=1S/C16H19F2NO2/c1-8(13-11(17)3-2-4-12(13)18)19-15-10-6-5-9(7-10)14(15)16(20)21/h2-4,8-10,14-15,19H,5-7H2,1H3,(H,20,21). The Morgan fingerprint density at radius 2 is 1.90 bits per heavy atom. The average molecular weight is 295 g/mol. The van der Waals surface area contributed by atoms with Crippen molar-refractivity contribution in [3.05, 3.63) is 35.4 Å². The van der Waals surface area contributed by atoms with Crippen molar-refractivity contribution >= 4 is 5.97 Å². The first kappa shape index (κ1) is 14.4. The van der Waals surface area contributed by atoms with Gasteiger partial charge in [-0.3, -0.25) is 4.79 Å². The maximum absolute atomic E-state index is 13.8. The zero-order chi connectivity index (χ0) is 15.1. The second kappa shape index (κ2) is 5.37. The van der Waals surface area contributed by atoms with Crippen molar-refractivity contribution in [2.24, 2.45) is 17.8 Å². The van der Waals surface area contributed by atoms with Gasteiger partial charge in [0.05, 0.1) is 5.92 Å². The molecule has 0 aromatic heterocycles. The van der Waals surface area contributed by atoms with Crippen LogP contribution in [0.3, 0.4) is 0 Å². The number of nitrogens with one attached hydrogen (secondary N) is 1. The van der Waals surface area contributed by atoms with E-state index in [2.05, 4.69) is 5.32 Å². The highest BCUT2D eigenvalue weighted by Gasteiger charge is 2.51. The van der Waals surface area contributed by atoms with Gasteiger partial charge in [0.15, 0.2) is 0 Å². The van der Waals surface area contributed by atoms with E-state index in [0.29, 0.717) is 5.92 Å². The molecule has 0 spiro atoms. The molecule has 114 valence electrons. The first-order valence-electron chi connectivity index (χ1n) is 7.41. The number of rotatable bonds is 4. The SMILES string of the molecule is CC(NC1C2CCC(C2)C1C(=O)O)c1c(F)cccc1F. The van der Waals surface area contributed by atoms with Gasteiger partial charge in [0, 0.05) is 17.6 Å². The van der Waals surface area contributed by atoms with Crippen LogP contribution in [0.1, 0.15) is 37.8 Å². The Bertz CT molecular complexity index is 543. The molecule has 5 atom stereocenters. The molecule has 2 aliphatic rings. The smallest absolute Gasteiger partial charge is 0.308 e. The lowest BCUT2D eigenvalue weighted by Crippen LogP contribution is -2.45. The first-order valence-corrected chi connectivity index (χ1v) is 7.41. The van der Waals surface area contributed by atoms with Crippen LogP contribution in [0.2, 0.25) is 0 Å². The molecular weight excluding hydrogens is 276 g/mol. The van der Waals surface area contributed by atoms with Crippen LogP contribution in [-0.4, -0.2) is 17.1 Å². The highest BCUT2D eigenvalue weighted by Crippen LogP contribution is 2.49. The van der Waals surface area contributed by atoms with Crippen LogP contribution in [0.15, 0.2) is 18.2 Å². The second-order valence-corrected chi connectivity index (χ2v) is 6.25. The quantitative estimate of drug-likeness (QED) is 0.897. The van der Waals surface area contributed by atoms with Crippen molar-refractivity contribution < 1.29 is 18.7 Å². The summed E-state index contributed by atoms with van der Waals surface area (Å²) in [5.41, 5.74) is -0.00980. The number of carboxylic acid groups (broad SMARTS) is 1. The van der Waals surface area contributed by atoms with E-state index in [-0.39, 0.29) is 17.5 Å². The number of carbonyl (C=O) groups is 1. The summed E-state index contributed by atoms with van der Waals surface area (Å²) in [5, 5.41) is 12.6. The van der Waals surface area contributed by atoms with Gasteiger partial charge in [0.2, 0.25) is 0 Å². The molecule has 5 heteroatoms. The van der Waals surface area contributed by atoms with Crippen LogP contribution >= 0.6 is 0 Å². The molecule has 0 heterocycles. The fourth-order valence-corrected chi connectivity index (χ4v) is 4.18. The molecule has 21 heavy (non-hydrogen) atoms. The molecular formula is C16H19F2NO2. The van der Waals surface area contributed by atoms with E-state index in [4.69, 9.17) is 0 Å². The Kier molecular flexibility index (Phi) is 3.69. The summed E-state index contributed by atoms with van der Waals surface area (Å²) in [6, 6.07) is 3.05. The second-order valence-electron chi connectivity index (χ2n) is 6.25. The van der Waals surface area contributed by atoms with Gasteiger partial charge in [0.25, 0.3) is 0 Å². The van der Waals surface area contributed by atoms with Crippen molar-refractivity contribution in [3.8, 4) is 0 Å². The summed E-state index contributed by atoms with van der Waals surface area (Å²) in [7, 11) is 0. The van der Waals surface area contributed by atoms with Gasteiger partial charge < -0.3 is 10.4 Å². The summed E-state index contributed by atoms with van der Waals surface area (Å²) in [4.78, 5) is 11.5. The van der Waals surface area contributed by atoms with E-state index in [0.717, 1.165) is 19.3 Å². The number of halogens is 2. The molecule has 0 aliphatic heterocycles. The summed E-state index contributed by atoms with van der Waals surface area (Å²) in [5.74, 6) is -1.94. The number of benzene rings is 1. The van der Waals surface area contributed by atoms with Gasteiger partial charge in [-0.1, -0.05) is 6.07 Å². The van der Waals surface area contributed by atoms with E-state index in [1.165, 1.54) is 18.2 Å². The predicted octanol–water partition coefficient (Wildman–Crippen LogP) is 3.11. The monoisotopic (exact) mass is 295 g/mol. The maximum atomic E-state index is 13.8. The molecule has 0 radical (unpaired) electrons. The zero-order valence-corrected chi connectivity index (χ0v) is 11.9. The molecule has 0 amide bonds. The Morgan fingerprint density at radius 3 is 2.52 bits per heavy atom. The van der Waals surface area contributed by atoms with Crippen LogP contribution in [0.5, 0.6) is 0 Å². The number of hydrogen-bond donors (Lipinski definition) is 2. The van der Waals surface area contributed by atoms with Gasteiger partial charge >= 0.3 is 5.97 Å². The molecule has 2 fully saturated rings. The van der Waals surface area contributed by atoms with E-state index in [1.54, 1.807) is 6.92 Å². The summed E-state index contributed by atoms with van der Waals surface area (Å²) < 4.78 is 27.6. The third-order valence-corrected chi connectivity index (χ3v) is 5.08. The molecule has 3 nitrogen and oxygen atoms in total. The van der Waals surface area contributed by atoms with Gasteiger partial charge in [-0.2, -0.15) is 0 Å². The highest BCUT2D eigenvalue weighted by atomic mass is 19.1. The Morgan fingerprint density at radius 1 is 1.29 bits per heavy atom. The van der Waals surface area contributed by atoms with Gasteiger partial charge in [-0.15, -0.1) is 0 Å². The first-order chi connectivity index (χ1) is 9.99. The van der Waals surface area contributed by atoms with Gasteiger partial charge in [0.1, 0.15) is 11.6 Å². The molecule has 2 N–H and O–H groups in total. The topological polar surface area (TPSA) is 49.3 Å². The van der Waals surface area contributed by atoms with E-state index in [9.17, 15) is 18.7 Å². The van der Waals surface area contributed by atoms with Crippen LogP contribution in [-0.2, 0) is 4.79 Å². The van der Waals surface area contributed by atoms with Crippen LogP contribution in [0.25, 0.3) is 0 Å². The van der Waals surface area contributed by atoms with Crippen LogP contribution < -0.4 is 5.32 Å². The van der Waals surface area contributed by atoms with E-state index >= 15 is 0 Å². The Labute approximate surface area is 122 Å². The van der Waals surface area contributed by atoms with Gasteiger partial charge in [-0.25, -0.2) is 8.78 Å². The molecule has 3 rings (SSSR count). The third kappa shape index (κ3) is 2.44. The largest absolute Gasteiger partial charge is 0.481 e. The van der Waals surface area contributed by atoms with Crippen LogP contribution in [0.4, 0.5) is 8.78 Å². The maximum Gasteiger partial charge on any atom is 0.308 e. The third-order valence-electron chi connectivity index (χ3n) is 5.08. The fraction of sp³-hybridized carbons (Fsp3) is 0.562. The Balaban J connectivity index is 1.81. The summed E-state index contributed by atoms with van der Waals surface area (Å²) in [6.07, 6.45) is 2.85. The lowest BCUT2D eigenvalue weighted by molar-refractivity contribution is -0.144. The number of hydrogen-bond acceptors (Lipinski definition) is 2. The lowest BCUT2D eigenvalue weighted by atomic mass is 9.84. The molecule has 0 saturated heterocycles. The van der Waals surface area contributed by atoms with Crippen molar-refractivity contribution in [1.29, 1.82) is 0 Å². The fourth-order valence-electron chi connectivity index (χ4n) is 4.18. The number of carboxylic acids is 1. The number of fused-ring (bicyclic) bond motifs is 2. The number of aliphatic carboxylic acids is 1. The lowest BCUT2D eigenvalue weighted by Gasteiger charge is -2.32. The van der Waals surface area contributed by atoms with Crippen molar-refractivity contribution in [3.63, 3.8) is 0 Å². The summed E-state index contributed by atoms with van der Waals surface area (Å²) in [6.45, 7) is 1.69. The van der Waals surface area contributed by atoms with Crippen molar-refractivity contribution in [2.45, 2.75) is 38.3 Å². The minimum Gasteiger partial charge on any atom is -0.481 e. The van der Waals surface area contributed by atoms with Crippen molar-refractivity contribution in [2.75, 3.05) is 0 Å². The minimum atomic E-state index is -0.805. The van der Waals surface area contributed by atoms with Crippen molar-refractivity contribution in [1.82, 2.24) is 5.32 Å². The van der Waals surface area contributed by atoms with Crippen LogP contribution in [0, 0.1) is 29.4 Å². The zero-order valence-electron chi connectivity index (χ0n) is 11.9. The molecule has 5 unspecified atom stereocenters. The normalized spacial score (nSPS) is 32.3. The predicted molar refractivity (Wildman–Crippen MR) is 73.7 cm³/mol. The van der Waals surface area contributed by atoms with E-state index in [1.807, 2.05) is 0 Å². The van der Waals surface area contributed by atoms with Gasteiger partial charge in [-0.05, 0) is 50.2 Å². The van der Waals surface area contributed by atoms with E-state index < -0.39 is 29.6 Å². The Hall–Kier alpha value is -1.49. The molecule has 2 saturated carbocycles. The summed E-state index contributed by atoms with van der Waals surface area (Å²) >= 11 is 0. The molecule has 1 aromatic rings. The minimum absolute atomic E-state index is 0.00980. The highest BCUT2D eigenvalue weighted by molar-refractivity contribution is 5.72.